The number of sulfone groups is 1. The molecule has 1 saturated heterocycles. The average molecular weight is 663 g/mol. The molecule has 2 amide bonds. The molecule has 11 nitrogen and oxygen atoms in total. The number of hydrogen-bond acceptors (Lipinski definition) is 9. The first kappa shape index (κ1) is 35.5. The normalized spacial score (nSPS) is 16.2. The number of ether oxygens (including phenoxy) is 2. The molecule has 1 fully saturated rings. The highest BCUT2D eigenvalue weighted by molar-refractivity contribution is 7.94. The van der Waals surface area contributed by atoms with Crippen LogP contribution in [-0.2, 0) is 37.1 Å². The molecule has 0 aromatic heterocycles. The third kappa shape index (κ3) is 11.7. The van der Waals surface area contributed by atoms with Gasteiger partial charge in [0.15, 0.2) is 15.6 Å². The quantitative estimate of drug-likeness (QED) is 0.133. The Kier molecular flexibility index (Phi) is 13.7. The molecule has 3 aromatic carbocycles. The number of nitrogens with one attached hydrogen (secondary N) is 3. The van der Waals surface area contributed by atoms with Crippen molar-refractivity contribution >= 4 is 27.6 Å². The van der Waals surface area contributed by atoms with Gasteiger partial charge in [-0.1, -0.05) is 78.9 Å². The van der Waals surface area contributed by atoms with Gasteiger partial charge >= 0.3 is 6.09 Å². The molecule has 1 aliphatic heterocycles. The van der Waals surface area contributed by atoms with Crippen LogP contribution in [-0.4, -0.2) is 70.6 Å². The van der Waals surface area contributed by atoms with Crippen LogP contribution in [0.3, 0.4) is 0 Å². The predicted octanol–water partition coefficient (Wildman–Crippen LogP) is 3.30. The number of amides is 2. The maximum atomic E-state index is 13.1. The fourth-order valence-corrected chi connectivity index (χ4v) is 6.01. The molecular weight excluding hydrogens is 620 g/mol. The molecule has 0 saturated carbocycles. The topological polar surface area (TPSA) is 166 Å². The first-order valence-corrected chi connectivity index (χ1v) is 17.2. The SMILES string of the molecule is N[C@@H](Cc1ccc(C(=O)C2CNCCO2)cc1)C(=O)N[C@H](C=CS(=O)(=O)c1ccccc1)CCCCNC(=O)OCc1ccccc1. The molecule has 12 heteroatoms. The van der Waals surface area contributed by atoms with Gasteiger partial charge in [0, 0.05) is 36.6 Å². The standard InChI is InChI=1S/C35H42N4O7S/c36-31(23-26-14-16-28(17-15-26)33(40)32-24-37-20-21-45-32)34(41)39-29(18-22-47(43,44)30-12-5-2-6-13-30)11-7-8-19-38-35(42)46-25-27-9-3-1-4-10-27/h1-6,9-10,12-18,22,29,31-32,37H,7-8,11,19-21,23-25,36H2,(H,38,42)(H,39,41)/t29-,31-,32?/m0/s1. The maximum absolute atomic E-state index is 13.1. The van der Waals surface area contributed by atoms with E-state index in [1.54, 1.807) is 42.5 Å². The van der Waals surface area contributed by atoms with E-state index in [9.17, 15) is 22.8 Å². The van der Waals surface area contributed by atoms with Gasteiger partial charge in [-0.3, -0.25) is 9.59 Å². The lowest BCUT2D eigenvalue weighted by molar-refractivity contribution is -0.122. The maximum Gasteiger partial charge on any atom is 0.407 e. The molecule has 3 aromatic rings. The summed E-state index contributed by atoms with van der Waals surface area (Å²) in [6.07, 6.45) is 2.18. The van der Waals surface area contributed by atoms with E-state index in [0.717, 1.165) is 16.5 Å². The zero-order valence-electron chi connectivity index (χ0n) is 26.2. The van der Waals surface area contributed by atoms with Crippen LogP contribution in [0.25, 0.3) is 0 Å². The zero-order valence-corrected chi connectivity index (χ0v) is 27.0. The van der Waals surface area contributed by atoms with Gasteiger partial charge in [-0.25, -0.2) is 13.2 Å². The fraction of sp³-hybridized carbons (Fsp3) is 0.343. The number of unbranched alkanes of at least 4 members (excludes halogenated alkanes) is 1. The van der Waals surface area contributed by atoms with Gasteiger partial charge in [-0.05, 0) is 48.9 Å². The van der Waals surface area contributed by atoms with Crippen LogP contribution in [0.4, 0.5) is 4.79 Å². The Morgan fingerprint density at radius 2 is 1.66 bits per heavy atom. The minimum absolute atomic E-state index is 0.106. The third-order valence-corrected chi connectivity index (χ3v) is 9.01. The largest absolute Gasteiger partial charge is 0.445 e. The molecule has 47 heavy (non-hydrogen) atoms. The monoisotopic (exact) mass is 662 g/mol. The Labute approximate surface area is 275 Å². The fourth-order valence-electron chi connectivity index (χ4n) is 4.92. The van der Waals surface area contributed by atoms with Gasteiger partial charge in [0.2, 0.25) is 5.91 Å². The number of carbonyl (C=O) groups excluding carboxylic acids is 3. The number of rotatable bonds is 16. The van der Waals surface area contributed by atoms with Crippen LogP contribution in [0, 0.1) is 0 Å². The lowest BCUT2D eigenvalue weighted by Gasteiger charge is -2.22. The molecule has 1 unspecified atom stereocenters. The van der Waals surface area contributed by atoms with Gasteiger partial charge in [0.05, 0.1) is 17.5 Å². The Morgan fingerprint density at radius 1 is 0.957 bits per heavy atom. The Balaban J connectivity index is 1.30. The van der Waals surface area contributed by atoms with Gasteiger partial charge < -0.3 is 31.2 Å². The summed E-state index contributed by atoms with van der Waals surface area (Å²) < 4.78 is 36.5. The van der Waals surface area contributed by atoms with Gasteiger partial charge in [-0.2, -0.15) is 0 Å². The first-order chi connectivity index (χ1) is 22.7. The third-order valence-electron chi connectivity index (χ3n) is 7.56. The second-order valence-corrected chi connectivity index (χ2v) is 13.1. The van der Waals surface area contributed by atoms with Crippen LogP contribution >= 0.6 is 0 Å². The van der Waals surface area contributed by atoms with Crippen molar-refractivity contribution in [2.24, 2.45) is 5.73 Å². The lowest BCUT2D eigenvalue weighted by Crippen LogP contribution is -2.46. The molecule has 5 N–H and O–H groups in total. The Morgan fingerprint density at radius 3 is 2.34 bits per heavy atom. The summed E-state index contributed by atoms with van der Waals surface area (Å²) in [5, 5.41) is 9.81. The molecule has 250 valence electrons. The highest BCUT2D eigenvalue weighted by Crippen LogP contribution is 2.14. The van der Waals surface area contributed by atoms with E-state index in [1.807, 2.05) is 30.3 Å². The number of nitrogens with two attached hydrogens (primary N) is 1. The van der Waals surface area contributed by atoms with Crippen molar-refractivity contribution in [2.75, 3.05) is 26.2 Å². The van der Waals surface area contributed by atoms with E-state index in [-0.39, 0.29) is 23.7 Å². The molecule has 1 aliphatic rings. The molecule has 0 aliphatic carbocycles. The van der Waals surface area contributed by atoms with E-state index in [0.29, 0.717) is 51.1 Å². The van der Waals surface area contributed by atoms with Crippen molar-refractivity contribution in [1.29, 1.82) is 0 Å². The molecule has 3 atom stereocenters. The Hall–Kier alpha value is -4.36. The number of ketones is 1. The van der Waals surface area contributed by atoms with Crippen molar-refractivity contribution in [3.63, 3.8) is 0 Å². The first-order valence-electron chi connectivity index (χ1n) is 15.7. The van der Waals surface area contributed by atoms with E-state index < -0.39 is 40.0 Å². The summed E-state index contributed by atoms with van der Waals surface area (Å²) in [5.74, 6) is -0.550. The van der Waals surface area contributed by atoms with Crippen molar-refractivity contribution in [3.05, 3.63) is 113 Å². The van der Waals surface area contributed by atoms with Crippen LogP contribution in [0.1, 0.15) is 40.7 Å². The van der Waals surface area contributed by atoms with Crippen LogP contribution < -0.4 is 21.7 Å². The summed E-state index contributed by atoms with van der Waals surface area (Å²) in [7, 11) is -3.73. The molecule has 0 radical (unpaired) electrons. The van der Waals surface area contributed by atoms with Crippen molar-refractivity contribution < 1.29 is 32.3 Å². The highest BCUT2D eigenvalue weighted by atomic mass is 32.2. The summed E-state index contributed by atoms with van der Waals surface area (Å²) in [4.78, 5) is 38.0. The molecule has 0 spiro atoms. The van der Waals surface area contributed by atoms with E-state index in [2.05, 4.69) is 16.0 Å². The van der Waals surface area contributed by atoms with Crippen LogP contribution in [0.5, 0.6) is 0 Å². The number of carbonyl (C=O) groups is 3. The molecule has 4 rings (SSSR count). The smallest absolute Gasteiger partial charge is 0.407 e. The minimum atomic E-state index is -3.73. The number of Topliss-reactive ketones (excluding diaryl/α,β-unsaturated/α-hetero) is 1. The van der Waals surface area contributed by atoms with E-state index in [4.69, 9.17) is 15.2 Å². The number of benzene rings is 3. The summed E-state index contributed by atoms with van der Waals surface area (Å²) in [6.45, 7) is 2.17. The van der Waals surface area contributed by atoms with Crippen molar-refractivity contribution in [1.82, 2.24) is 16.0 Å². The lowest BCUT2D eigenvalue weighted by atomic mass is 10.00. The molecule has 0 bridgehead atoms. The summed E-state index contributed by atoms with van der Waals surface area (Å²) in [6, 6.07) is 22.7. The van der Waals surface area contributed by atoms with Gasteiger partial charge in [0.25, 0.3) is 0 Å². The van der Waals surface area contributed by atoms with Crippen LogP contribution in [0.2, 0.25) is 0 Å². The average Bonchev–Trinajstić information content (AvgIpc) is 3.10. The Bertz CT molecular complexity index is 1580. The second-order valence-electron chi connectivity index (χ2n) is 11.2. The number of alkyl carbamates (subject to hydrolysis) is 1. The number of hydrogen-bond donors (Lipinski definition) is 4. The molecule has 1 heterocycles. The van der Waals surface area contributed by atoms with Crippen LogP contribution in [0.15, 0.2) is 101 Å². The highest BCUT2D eigenvalue weighted by Gasteiger charge is 2.23. The van der Waals surface area contributed by atoms with Crippen molar-refractivity contribution in [2.45, 2.75) is 55.4 Å². The van der Waals surface area contributed by atoms with Gasteiger partial charge in [-0.15, -0.1) is 0 Å². The van der Waals surface area contributed by atoms with E-state index >= 15 is 0 Å². The predicted molar refractivity (Wildman–Crippen MR) is 178 cm³/mol. The summed E-state index contributed by atoms with van der Waals surface area (Å²) >= 11 is 0. The van der Waals surface area contributed by atoms with E-state index in [1.165, 1.54) is 18.2 Å². The second kappa shape index (κ2) is 18.1. The molecular formula is C35H42N4O7S. The minimum Gasteiger partial charge on any atom is -0.445 e. The number of morpholine rings is 1. The van der Waals surface area contributed by atoms with Gasteiger partial charge in [0.1, 0.15) is 12.7 Å². The zero-order chi connectivity index (χ0) is 33.5. The van der Waals surface area contributed by atoms with Crippen molar-refractivity contribution in [3.8, 4) is 0 Å². The summed E-state index contributed by atoms with van der Waals surface area (Å²) in [5.41, 5.74) is 8.43.